The summed E-state index contributed by atoms with van der Waals surface area (Å²) in [6.07, 6.45) is 1.41. The molecular formula is C5H14GaN. The number of nitrogens with zero attached hydrogens (tertiary/aromatic N) is 1. The minimum atomic E-state index is 1.07. The third kappa shape index (κ3) is 6.60. The van der Waals surface area contributed by atoms with Crippen molar-refractivity contribution < 1.29 is 0 Å². The molecule has 0 aliphatic heterocycles. The van der Waals surface area contributed by atoms with Crippen LogP contribution in [0, 0.1) is 0 Å². The molecule has 0 atom stereocenters. The molecule has 42 valence electrons. The Labute approximate surface area is 56.0 Å². The standard InChI is InChI=1S/C5H12N.Ga.2H/c1-4-5-6(2)3;;;/h1,4-5H2,2-3H3;;;. The van der Waals surface area contributed by atoms with Crippen molar-refractivity contribution >= 4 is 18.6 Å². The Morgan fingerprint density at radius 1 is 1.43 bits per heavy atom. The molecule has 0 unspecified atom stereocenters. The van der Waals surface area contributed by atoms with E-state index >= 15 is 0 Å². The molecule has 7 heavy (non-hydrogen) atoms. The van der Waals surface area contributed by atoms with Crippen LogP contribution < -0.4 is 0 Å². The van der Waals surface area contributed by atoms with Crippen LogP contribution in [-0.2, 0) is 0 Å². The van der Waals surface area contributed by atoms with E-state index in [1.165, 1.54) is 17.9 Å². The van der Waals surface area contributed by atoms with Gasteiger partial charge in [0, 0.05) is 0 Å². The molecule has 0 aliphatic rings. The van der Waals surface area contributed by atoms with Crippen LogP contribution in [-0.4, -0.2) is 44.1 Å². The fraction of sp³-hybridized carbons (Fsp3) is 1.00. The van der Waals surface area contributed by atoms with E-state index in [0.717, 1.165) is 18.6 Å². The van der Waals surface area contributed by atoms with Gasteiger partial charge in [-0.2, -0.15) is 0 Å². The summed E-state index contributed by atoms with van der Waals surface area (Å²) in [7, 11) is 4.26. The quantitative estimate of drug-likeness (QED) is 0.522. The molecule has 2 heteroatoms. The summed E-state index contributed by atoms with van der Waals surface area (Å²) in [5.41, 5.74) is 0. The van der Waals surface area contributed by atoms with Crippen molar-refractivity contribution in [2.75, 3.05) is 20.6 Å². The van der Waals surface area contributed by atoms with Gasteiger partial charge in [-0.25, -0.2) is 0 Å². The second kappa shape index (κ2) is 4.75. The van der Waals surface area contributed by atoms with Crippen LogP contribution in [0.25, 0.3) is 0 Å². The molecule has 0 aromatic heterocycles. The van der Waals surface area contributed by atoms with E-state index in [1.54, 1.807) is 0 Å². The van der Waals surface area contributed by atoms with Gasteiger partial charge in [0.2, 0.25) is 0 Å². The Morgan fingerprint density at radius 2 is 2.00 bits per heavy atom. The molecule has 0 fully saturated rings. The first kappa shape index (κ1) is 7.60. The van der Waals surface area contributed by atoms with Crippen molar-refractivity contribution in [1.29, 1.82) is 0 Å². The van der Waals surface area contributed by atoms with Crippen LogP contribution in [0.15, 0.2) is 0 Å². The molecule has 0 rings (SSSR count). The van der Waals surface area contributed by atoms with Gasteiger partial charge in [-0.15, -0.1) is 0 Å². The van der Waals surface area contributed by atoms with E-state index in [9.17, 15) is 0 Å². The Hall–Kier alpha value is 0.596. The van der Waals surface area contributed by atoms with Gasteiger partial charge < -0.3 is 0 Å². The average Bonchev–Trinajstić information content (AvgIpc) is 1.61. The van der Waals surface area contributed by atoms with E-state index in [0.29, 0.717) is 0 Å². The van der Waals surface area contributed by atoms with Gasteiger partial charge in [-0.05, 0) is 0 Å². The average molecular weight is 158 g/mol. The maximum atomic E-state index is 2.24. The maximum absolute atomic E-state index is 2.24. The molecule has 0 saturated heterocycles. The molecular weight excluding hydrogens is 144 g/mol. The predicted octanol–water partition coefficient (Wildman–Crippen LogP) is -0.0105. The summed E-state index contributed by atoms with van der Waals surface area (Å²) in [4.78, 5) is 3.73. The van der Waals surface area contributed by atoms with Crippen molar-refractivity contribution in [1.82, 2.24) is 4.90 Å². The molecule has 0 aromatic carbocycles. The van der Waals surface area contributed by atoms with Gasteiger partial charge in [0.1, 0.15) is 0 Å². The van der Waals surface area contributed by atoms with Gasteiger partial charge in [-0.3, -0.25) is 0 Å². The van der Waals surface area contributed by atoms with Gasteiger partial charge >= 0.3 is 55.5 Å². The molecule has 0 radical (unpaired) electrons. The fourth-order valence-electron chi connectivity index (χ4n) is 0.474. The zero-order valence-electron chi connectivity index (χ0n) is 5.57. The van der Waals surface area contributed by atoms with E-state index in [1.807, 2.05) is 0 Å². The zero-order chi connectivity index (χ0) is 5.70. The minimum absolute atomic E-state index is 1.07. The molecule has 0 heterocycles. The third-order valence-corrected chi connectivity index (χ3v) is 2.44. The van der Waals surface area contributed by atoms with Gasteiger partial charge in [0.15, 0.2) is 0 Å². The summed E-state index contributed by atoms with van der Waals surface area (Å²) < 4.78 is 0. The second-order valence-corrected chi connectivity index (χ2v) is 4.25. The van der Waals surface area contributed by atoms with Crippen LogP contribution in [0.3, 0.4) is 0 Å². The molecule has 0 spiro atoms. The van der Waals surface area contributed by atoms with Crippen molar-refractivity contribution in [3.63, 3.8) is 0 Å². The predicted molar refractivity (Wildman–Crippen MR) is 36.5 cm³/mol. The van der Waals surface area contributed by atoms with Crippen LogP contribution in [0.4, 0.5) is 0 Å². The monoisotopic (exact) mass is 157 g/mol. The number of hydrogen-bond donors (Lipinski definition) is 0. The summed E-state index contributed by atoms with van der Waals surface area (Å²) in [5, 5.41) is 0. The number of rotatable bonds is 3. The first-order chi connectivity index (χ1) is 3.27. The zero-order valence-corrected chi connectivity index (χ0v) is 9.76. The van der Waals surface area contributed by atoms with Crippen molar-refractivity contribution in [2.45, 2.75) is 11.4 Å². The SMILES string of the molecule is CN(C)CC[CH2][GaH2]. The summed E-state index contributed by atoms with van der Waals surface area (Å²) in [6, 6.07) is 0. The third-order valence-electron chi connectivity index (χ3n) is 0.959. The topological polar surface area (TPSA) is 3.24 Å². The van der Waals surface area contributed by atoms with E-state index in [-0.39, 0.29) is 0 Å². The van der Waals surface area contributed by atoms with Crippen molar-refractivity contribution in [2.24, 2.45) is 0 Å². The van der Waals surface area contributed by atoms with E-state index < -0.39 is 0 Å². The molecule has 0 bridgehead atoms. The van der Waals surface area contributed by atoms with Crippen molar-refractivity contribution in [3.05, 3.63) is 0 Å². The number of hydrogen-bond acceptors (Lipinski definition) is 1. The molecule has 1 nitrogen and oxygen atoms in total. The first-order valence-corrected chi connectivity index (χ1v) is 5.88. The van der Waals surface area contributed by atoms with E-state index in [2.05, 4.69) is 19.0 Å². The van der Waals surface area contributed by atoms with Crippen LogP contribution in [0.5, 0.6) is 0 Å². The van der Waals surface area contributed by atoms with Gasteiger partial charge in [-0.1, -0.05) is 0 Å². The van der Waals surface area contributed by atoms with E-state index in [4.69, 9.17) is 0 Å². The Bertz CT molecular complexity index is 37.1. The Balaban J connectivity index is 2.68. The molecule has 0 aliphatic carbocycles. The van der Waals surface area contributed by atoms with Crippen molar-refractivity contribution in [3.8, 4) is 0 Å². The molecule has 0 aromatic rings. The normalized spacial score (nSPS) is 10.1. The van der Waals surface area contributed by atoms with Gasteiger partial charge in [0.05, 0.1) is 0 Å². The van der Waals surface area contributed by atoms with Crippen LogP contribution >= 0.6 is 0 Å². The fourth-order valence-corrected chi connectivity index (χ4v) is 1.14. The molecule has 0 amide bonds. The second-order valence-electron chi connectivity index (χ2n) is 2.16. The Kier molecular flexibility index (Phi) is 5.15. The molecule has 0 N–H and O–H groups in total. The Morgan fingerprint density at radius 3 is 2.14 bits per heavy atom. The molecule has 0 saturated carbocycles. The first-order valence-electron chi connectivity index (χ1n) is 2.92. The van der Waals surface area contributed by atoms with Crippen LogP contribution in [0.1, 0.15) is 6.42 Å². The van der Waals surface area contributed by atoms with Crippen LogP contribution in [0.2, 0.25) is 4.98 Å². The summed E-state index contributed by atoms with van der Waals surface area (Å²) in [5.74, 6) is 0. The summed E-state index contributed by atoms with van der Waals surface area (Å²) >= 11 is 1.07. The summed E-state index contributed by atoms with van der Waals surface area (Å²) in [6.45, 7) is 1.28. The van der Waals surface area contributed by atoms with Gasteiger partial charge in [0.25, 0.3) is 0 Å².